The van der Waals surface area contributed by atoms with Gasteiger partial charge in [0.2, 0.25) is 0 Å². The Labute approximate surface area is 179 Å². The van der Waals surface area contributed by atoms with Crippen LogP contribution in [0.2, 0.25) is 0 Å². The van der Waals surface area contributed by atoms with Crippen molar-refractivity contribution in [2.24, 2.45) is 0 Å². The van der Waals surface area contributed by atoms with E-state index in [0.29, 0.717) is 11.4 Å². The smallest absolute Gasteiger partial charge is 0.266 e. The Kier molecular flexibility index (Phi) is 5.46. The summed E-state index contributed by atoms with van der Waals surface area (Å²) in [5.41, 5.74) is 3.58. The molecule has 0 radical (unpaired) electrons. The van der Waals surface area contributed by atoms with Crippen LogP contribution >= 0.6 is 11.8 Å². The number of nitrogens with one attached hydrogen (secondary N) is 1. The molecule has 3 aromatic carbocycles. The monoisotopic (exact) mass is 413 g/mol. The number of para-hydroxylation sites is 3. The summed E-state index contributed by atoms with van der Waals surface area (Å²) in [6.07, 6.45) is 1.60. The molecule has 1 heterocycles. The fraction of sp³-hybridized carbons (Fsp3) is 0.0833. The van der Waals surface area contributed by atoms with Crippen LogP contribution in [0.3, 0.4) is 0 Å². The first-order chi connectivity index (χ1) is 14.6. The zero-order chi connectivity index (χ0) is 21.1. The highest BCUT2D eigenvalue weighted by atomic mass is 32.2. The second-order valence-corrected chi connectivity index (χ2v) is 7.76. The average Bonchev–Trinajstić information content (AvgIpc) is 2.77. The highest BCUT2D eigenvalue weighted by Crippen LogP contribution is 2.47. The van der Waals surface area contributed by atoms with Crippen LogP contribution in [0.5, 0.6) is 5.75 Å². The van der Waals surface area contributed by atoms with Crippen LogP contribution in [-0.4, -0.2) is 20.1 Å². The molecule has 0 atom stereocenters. The van der Waals surface area contributed by atoms with Crippen molar-refractivity contribution >= 4 is 40.8 Å². The van der Waals surface area contributed by atoms with E-state index in [1.807, 2.05) is 49.5 Å². The highest BCUT2D eigenvalue weighted by molar-refractivity contribution is 7.99. The number of fused-ring (bicyclic) bond motifs is 2. The third kappa shape index (κ3) is 3.76. The van der Waals surface area contributed by atoms with Gasteiger partial charge in [0.1, 0.15) is 17.4 Å². The van der Waals surface area contributed by atoms with Crippen LogP contribution in [0.25, 0.3) is 6.08 Å². The van der Waals surface area contributed by atoms with Crippen molar-refractivity contribution in [3.8, 4) is 11.8 Å². The summed E-state index contributed by atoms with van der Waals surface area (Å²) in [6, 6.07) is 23.2. The van der Waals surface area contributed by atoms with E-state index in [9.17, 15) is 10.1 Å². The van der Waals surface area contributed by atoms with Crippen LogP contribution in [-0.2, 0) is 4.79 Å². The Morgan fingerprint density at radius 2 is 1.80 bits per heavy atom. The molecule has 0 saturated carbocycles. The summed E-state index contributed by atoms with van der Waals surface area (Å²) in [7, 11) is 3.57. The number of ether oxygens (including phenoxy) is 1. The van der Waals surface area contributed by atoms with Gasteiger partial charge < -0.3 is 15.0 Å². The molecule has 30 heavy (non-hydrogen) atoms. The summed E-state index contributed by atoms with van der Waals surface area (Å²) >= 11 is 1.68. The molecule has 6 heteroatoms. The largest absolute Gasteiger partial charge is 0.495 e. The lowest BCUT2D eigenvalue weighted by atomic mass is 10.1. The molecule has 0 saturated heterocycles. The minimum Gasteiger partial charge on any atom is -0.495 e. The molecule has 0 bridgehead atoms. The number of methoxy groups -OCH3 is 1. The first-order valence-corrected chi connectivity index (χ1v) is 10.1. The second-order valence-electron chi connectivity index (χ2n) is 6.68. The third-order valence-corrected chi connectivity index (χ3v) is 5.94. The van der Waals surface area contributed by atoms with Gasteiger partial charge in [-0.2, -0.15) is 5.26 Å². The maximum absolute atomic E-state index is 12.6. The quantitative estimate of drug-likeness (QED) is 0.454. The topological polar surface area (TPSA) is 65.4 Å². The maximum atomic E-state index is 12.6. The van der Waals surface area contributed by atoms with Gasteiger partial charge in [0.25, 0.3) is 5.91 Å². The molecule has 1 N–H and O–H groups in total. The predicted molar refractivity (Wildman–Crippen MR) is 120 cm³/mol. The molecule has 0 fully saturated rings. The van der Waals surface area contributed by atoms with Crippen LogP contribution in [0.1, 0.15) is 5.56 Å². The number of rotatable bonds is 4. The van der Waals surface area contributed by atoms with E-state index < -0.39 is 5.91 Å². The molecule has 0 unspecified atom stereocenters. The van der Waals surface area contributed by atoms with Crippen molar-refractivity contribution in [2.45, 2.75) is 9.79 Å². The Hall–Kier alpha value is -3.69. The molecule has 0 spiro atoms. The zero-order valence-corrected chi connectivity index (χ0v) is 17.4. The van der Waals surface area contributed by atoms with Gasteiger partial charge in [-0.1, -0.05) is 42.1 Å². The molecule has 1 aliphatic rings. The van der Waals surface area contributed by atoms with E-state index in [0.717, 1.165) is 21.8 Å². The second kappa shape index (κ2) is 8.36. The Balaban J connectivity index is 1.61. The van der Waals surface area contributed by atoms with E-state index in [1.54, 1.807) is 36.0 Å². The van der Waals surface area contributed by atoms with Crippen LogP contribution in [0, 0.1) is 11.3 Å². The lowest BCUT2D eigenvalue weighted by Gasteiger charge is -2.29. The van der Waals surface area contributed by atoms with Crippen molar-refractivity contribution in [1.29, 1.82) is 5.26 Å². The number of benzene rings is 3. The van der Waals surface area contributed by atoms with Gasteiger partial charge in [-0.25, -0.2) is 0 Å². The molecule has 148 valence electrons. The molecule has 1 amide bonds. The molecular weight excluding hydrogens is 394 g/mol. The van der Waals surface area contributed by atoms with Gasteiger partial charge in [0.15, 0.2) is 0 Å². The van der Waals surface area contributed by atoms with E-state index in [2.05, 4.69) is 22.3 Å². The molecule has 0 aromatic heterocycles. The first kappa shape index (κ1) is 19.6. The van der Waals surface area contributed by atoms with E-state index in [-0.39, 0.29) is 5.57 Å². The fourth-order valence-corrected chi connectivity index (χ4v) is 4.50. The predicted octanol–water partition coefficient (Wildman–Crippen LogP) is 5.47. The Morgan fingerprint density at radius 3 is 2.60 bits per heavy atom. The maximum Gasteiger partial charge on any atom is 0.266 e. The molecule has 3 aromatic rings. The van der Waals surface area contributed by atoms with Crippen molar-refractivity contribution in [3.05, 3.63) is 77.9 Å². The van der Waals surface area contributed by atoms with Gasteiger partial charge in [0, 0.05) is 16.8 Å². The molecule has 0 aliphatic carbocycles. The lowest BCUT2D eigenvalue weighted by Crippen LogP contribution is -2.15. The molecule has 4 rings (SSSR count). The van der Waals surface area contributed by atoms with Crippen LogP contribution < -0.4 is 15.0 Å². The number of amides is 1. The Morgan fingerprint density at radius 1 is 1.07 bits per heavy atom. The van der Waals surface area contributed by atoms with Crippen molar-refractivity contribution in [3.63, 3.8) is 0 Å². The first-order valence-electron chi connectivity index (χ1n) is 9.31. The van der Waals surface area contributed by atoms with Gasteiger partial charge in [-0.3, -0.25) is 4.79 Å². The number of hydrogen-bond acceptors (Lipinski definition) is 5. The average molecular weight is 414 g/mol. The minimum absolute atomic E-state index is 0.0235. The van der Waals surface area contributed by atoms with Crippen LogP contribution in [0.15, 0.2) is 82.1 Å². The molecule has 5 nitrogen and oxygen atoms in total. The third-order valence-electron chi connectivity index (χ3n) is 4.82. The van der Waals surface area contributed by atoms with E-state index in [4.69, 9.17) is 4.74 Å². The van der Waals surface area contributed by atoms with Gasteiger partial charge in [-0.15, -0.1) is 0 Å². The van der Waals surface area contributed by atoms with Crippen molar-refractivity contribution in [2.75, 3.05) is 24.4 Å². The fourth-order valence-electron chi connectivity index (χ4n) is 3.30. The number of nitrogens with zero attached hydrogens (tertiary/aromatic N) is 2. The number of anilines is 3. The zero-order valence-electron chi connectivity index (χ0n) is 16.5. The summed E-state index contributed by atoms with van der Waals surface area (Å²) in [4.78, 5) is 17.0. The normalized spacial score (nSPS) is 12.4. The Bertz CT molecular complexity index is 1200. The summed E-state index contributed by atoms with van der Waals surface area (Å²) in [5, 5.41) is 12.3. The SMILES string of the molecule is COc1ccccc1NC(=O)C(C#N)=Cc1ccc2c(c1)Sc1ccccc1N2C. The minimum atomic E-state index is -0.477. The summed E-state index contributed by atoms with van der Waals surface area (Å²) in [6.45, 7) is 0. The van der Waals surface area contributed by atoms with Crippen molar-refractivity contribution in [1.82, 2.24) is 0 Å². The molecular formula is C24H19N3O2S. The van der Waals surface area contributed by atoms with Gasteiger partial charge >= 0.3 is 0 Å². The highest BCUT2D eigenvalue weighted by Gasteiger charge is 2.20. The van der Waals surface area contributed by atoms with Gasteiger partial charge in [-0.05, 0) is 48.0 Å². The van der Waals surface area contributed by atoms with Crippen LogP contribution in [0.4, 0.5) is 17.1 Å². The summed E-state index contributed by atoms with van der Waals surface area (Å²) < 4.78 is 5.25. The van der Waals surface area contributed by atoms with Crippen molar-refractivity contribution < 1.29 is 9.53 Å². The number of carbonyl (C=O) groups is 1. The number of carbonyl (C=O) groups excluding carboxylic acids is 1. The number of nitriles is 1. The van der Waals surface area contributed by atoms with E-state index >= 15 is 0 Å². The molecule has 1 aliphatic heterocycles. The number of hydrogen-bond donors (Lipinski definition) is 1. The standard InChI is InChI=1S/C24H19N3O2S/c1-27-19-8-4-6-10-22(19)30-23-14-16(11-12-20(23)27)13-17(15-25)24(28)26-18-7-3-5-9-21(18)29-2/h3-14H,1-2H3,(H,26,28). The van der Waals surface area contributed by atoms with E-state index in [1.165, 1.54) is 12.0 Å². The van der Waals surface area contributed by atoms with Gasteiger partial charge in [0.05, 0.1) is 24.2 Å². The summed E-state index contributed by atoms with van der Waals surface area (Å²) in [5.74, 6) is 0.0601. The lowest BCUT2D eigenvalue weighted by molar-refractivity contribution is -0.112.